The molecule has 236 valence electrons. The van der Waals surface area contributed by atoms with Gasteiger partial charge in [0, 0.05) is 31.7 Å². The van der Waals surface area contributed by atoms with Gasteiger partial charge in [-0.25, -0.2) is 14.2 Å². The molecular weight excluding hydrogens is 587 g/mol. The first kappa shape index (κ1) is 30.9. The standard InChI is InChI=1S/C33H40ClFN4O5/c1-30(2,3)44-29(41)39-10-9-31(18-39)16-33(43,17-31)8-7-32(42)14-21-11-20(12-22(21)15-32)26-27(38(4)19-36-26)28(40)37-23-5-6-25(35)24(34)13-23/h5-6,13,19-22,42-43H,9-12,14-18H2,1-4H3,(H,37,40). The number of hydrogen-bond donors (Lipinski definition) is 3. The molecular formula is C33H40ClFN4O5. The molecule has 1 saturated heterocycles. The van der Waals surface area contributed by atoms with Crippen LogP contribution in [0.3, 0.4) is 0 Å². The zero-order chi connectivity index (χ0) is 31.7. The lowest BCUT2D eigenvalue weighted by Gasteiger charge is -2.48. The van der Waals surface area contributed by atoms with Crippen LogP contribution in [0.15, 0.2) is 24.5 Å². The Bertz CT molecular complexity index is 1540. The van der Waals surface area contributed by atoms with Gasteiger partial charge in [-0.05, 0) is 101 Å². The third-order valence-electron chi connectivity index (χ3n) is 9.74. The maximum absolute atomic E-state index is 13.6. The van der Waals surface area contributed by atoms with Gasteiger partial charge in [-0.15, -0.1) is 0 Å². The molecule has 0 radical (unpaired) electrons. The number of nitrogens with one attached hydrogen (secondary N) is 1. The van der Waals surface area contributed by atoms with Crippen LogP contribution in [0.4, 0.5) is 14.9 Å². The van der Waals surface area contributed by atoms with Gasteiger partial charge in [0.15, 0.2) is 0 Å². The van der Waals surface area contributed by atoms with Crippen molar-refractivity contribution >= 4 is 29.3 Å². The number of aliphatic hydroxyl groups is 2. The summed E-state index contributed by atoms with van der Waals surface area (Å²) in [5, 5.41) is 25.3. The molecule has 6 rings (SSSR count). The Morgan fingerprint density at radius 1 is 1.14 bits per heavy atom. The highest BCUT2D eigenvalue weighted by Crippen LogP contribution is 2.56. The maximum atomic E-state index is 13.6. The molecule has 3 N–H and O–H groups in total. The topological polar surface area (TPSA) is 117 Å². The van der Waals surface area contributed by atoms with Crippen LogP contribution in [0.1, 0.15) is 87.8 Å². The highest BCUT2D eigenvalue weighted by atomic mass is 35.5. The molecule has 1 aliphatic heterocycles. The first-order valence-electron chi connectivity index (χ1n) is 15.3. The Morgan fingerprint density at radius 2 is 1.80 bits per heavy atom. The average Bonchev–Trinajstić information content (AvgIpc) is 3.66. The van der Waals surface area contributed by atoms with E-state index in [9.17, 15) is 24.2 Å². The number of carbonyl (C=O) groups is 2. The molecule has 1 aromatic carbocycles. The lowest BCUT2D eigenvalue weighted by atomic mass is 9.59. The summed E-state index contributed by atoms with van der Waals surface area (Å²) in [4.78, 5) is 32.0. The number of likely N-dealkylation sites (tertiary alicyclic amines) is 1. The van der Waals surface area contributed by atoms with Crippen molar-refractivity contribution in [3.63, 3.8) is 0 Å². The molecule has 11 heteroatoms. The molecule has 44 heavy (non-hydrogen) atoms. The Kier molecular flexibility index (Phi) is 7.54. The number of ether oxygens (including phenoxy) is 1. The van der Waals surface area contributed by atoms with Crippen LogP contribution < -0.4 is 5.32 Å². The molecule has 0 bridgehead atoms. The number of hydrogen-bond acceptors (Lipinski definition) is 6. The van der Waals surface area contributed by atoms with E-state index in [0.29, 0.717) is 55.8 Å². The second-order valence-electron chi connectivity index (χ2n) is 14.6. The lowest BCUT2D eigenvalue weighted by Crippen LogP contribution is -2.53. The van der Waals surface area contributed by atoms with Crippen LogP contribution in [0.25, 0.3) is 0 Å². The Balaban J connectivity index is 1.05. The Hall–Kier alpha value is -3.13. The fourth-order valence-electron chi connectivity index (χ4n) is 7.99. The van der Waals surface area contributed by atoms with Crippen molar-refractivity contribution in [2.24, 2.45) is 24.3 Å². The van der Waals surface area contributed by atoms with Gasteiger partial charge in [0.25, 0.3) is 5.91 Å². The van der Waals surface area contributed by atoms with Gasteiger partial charge in [0.2, 0.25) is 0 Å². The van der Waals surface area contributed by atoms with Gasteiger partial charge in [-0.2, -0.15) is 0 Å². The van der Waals surface area contributed by atoms with Crippen molar-refractivity contribution in [2.75, 3.05) is 18.4 Å². The van der Waals surface area contributed by atoms with Gasteiger partial charge in [-0.3, -0.25) is 4.79 Å². The fraction of sp³-hybridized carbons (Fsp3) is 0.606. The SMILES string of the molecule is Cn1cnc(C2CC3CC(O)(C#CC4(O)CC5(CCN(C(=O)OC(C)(C)C)C5)C4)CC3C2)c1C(=O)Nc1ccc(F)c(Cl)c1. The minimum absolute atomic E-state index is 0.0622. The molecule has 4 aliphatic rings. The van der Waals surface area contributed by atoms with E-state index < -0.39 is 22.6 Å². The number of nitrogens with zero attached hydrogens (tertiary/aromatic N) is 3. The average molecular weight is 627 g/mol. The van der Waals surface area contributed by atoms with Crippen molar-refractivity contribution < 1.29 is 28.9 Å². The third-order valence-corrected chi connectivity index (χ3v) is 10.0. The van der Waals surface area contributed by atoms with E-state index in [0.717, 1.165) is 19.3 Å². The molecule has 2 atom stereocenters. The van der Waals surface area contributed by atoms with Crippen LogP contribution in [-0.4, -0.2) is 66.6 Å². The van der Waals surface area contributed by atoms with Gasteiger partial charge in [-0.1, -0.05) is 23.4 Å². The second kappa shape index (κ2) is 10.7. The number of fused-ring (bicyclic) bond motifs is 1. The third kappa shape index (κ3) is 6.07. The molecule has 2 unspecified atom stereocenters. The highest BCUT2D eigenvalue weighted by molar-refractivity contribution is 6.31. The molecule has 4 fully saturated rings. The summed E-state index contributed by atoms with van der Waals surface area (Å²) in [6, 6.07) is 4.04. The number of carbonyl (C=O) groups excluding carboxylic acids is 2. The van der Waals surface area contributed by atoms with Crippen molar-refractivity contribution in [1.29, 1.82) is 0 Å². The Labute approximate surface area is 262 Å². The summed E-state index contributed by atoms with van der Waals surface area (Å²) in [5.74, 6) is 5.70. The van der Waals surface area contributed by atoms with E-state index in [4.69, 9.17) is 16.3 Å². The maximum Gasteiger partial charge on any atom is 0.410 e. The fourth-order valence-corrected chi connectivity index (χ4v) is 8.17. The van der Waals surface area contributed by atoms with Crippen molar-refractivity contribution in [3.05, 3.63) is 46.8 Å². The number of aromatic nitrogens is 2. The summed E-state index contributed by atoms with van der Waals surface area (Å²) in [6.07, 6.45) is 5.65. The summed E-state index contributed by atoms with van der Waals surface area (Å²) in [7, 11) is 1.77. The molecule has 2 amide bonds. The number of imidazole rings is 1. The summed E-state index contributed by atoms with van der Waals surface area (Å²) in [5.41, 5.74) is -1.47. The normalized spacial score (nSPS) is 32.6. The van der Waals surface area contributed by atoms with Gasteiger partial charge in [0.05, 0.1) is 17.0 Å². The molecule has 1 spiro atoms. The van der Waals surface area contributed by atoms with E-state index in [-0.39, 0.29) is 40.2 Å². The number of halogens is 2. The zero-order valence-corrected chi connectivity index (χ0v) is 26.4. The van der Waals surface area contributed by atoms with Gasteiger partial charge >= 0.3 is 6.09 Å². The van der Waals surface area contributed by atoms with Crippen LogP contribution in [0.5, 0.6) is 0 Å². The minimum atomic E-state index is -1.16. The summed E-state index contributed by atoms with van der Waals surface area (Å²) < 4.78 is 20.8. The van der Waals surface area contributed by atoms with Crippen molar-refractivity contribution in [3.8, 4) is 11.8 Å². The highest BCUT2D eigenvalue weighted by Gasteiger charge is 2.57. The molecule has 1 aromatic heterocycles. The smallest absolute Gasteiger partial charge is 0.410 e. The van der Waals surface area contributed by atoms with Gasteiger partial charge < -0.3 is 29.7 Å². The minimum Gasteiger partial charge on any atom is -0.444 e. The molecule has 9 nitrogen and oxygen atoms in total. The monoisotopic (exact) mass is 626 g/mol. The van der Waals surface area contributed by atoms with Crippen LogP contribution in [0.2, 0.25) is 5.02 Å². The van der Waals surface area contributed by atoms with Crippen molar-refractivity contribution in [1.82, 2.24) is 14.5 Å². The number of amides is 2. The molecule has 3 saturated carbocycles. The second-order valence-corrected chi connectivity index (χ2v) is 15.0. The van der Waals surface area contributed by atoms with Crippen LogP contribution >= 0.6 is 11.6 Å². The first-order chi connectivity index (χ1) is 20.5. The first-order valence-corrected chi connectivity index (χ1v) is 15.7. The number of aryl methyl sites for hydroxylation is 1. The summed E-state index contributed by atoms with van der Waals surface area (Å²) in [6.45, 7) is 6.69. The largest absolute Gasteiger partial charge is 0.444 e. The predicted molar refractivity (Wildman–Crippen MR) is 163 cm³/mol. The van der Waals surface area contributed by atoms with Crippen LogP contribution in [-0.2, 0) is 11.8 Å². The van der Waals surface area contributed by atoms with E-state index in [1.165, 1.54) is 18.2 Å². The van der Waals surface area contributed by atoms with Crippen molar-refractivity contribution in [2.45, 2.75) is 88.4 Å². The lowest BCUT2D eigenvalue weighted by molar-refractivity contribution is -0.0804. The van der Waals surface area contributed by atoms with E-state index >= 15 is 0 Å². The quantitative estimate of drug-likeness (QED) is 0.401. The van der Waals surface area contributed by atoms with E-state index in [2.05, 4.69) is 22.1 Å². The van der Waals surface area contributed by atoms with Crippen LogP contribution in [0, 0.1) is 34.9 Å². The van der Waals surface area contributed by atoms with E-state index in [1.54, 1.807) is 22.8 Å². The number of benzene rings is 1. The molecule has 2 heterocycles. The number of anilines is 1. The zero-order valence-electron chi connectivity index (χ0n) is 25.6. The Morgan fingerprint density at radius 3 is 2.43 bits per heavy atom. The summed E-state index contributed by atoms with van der Waals surface area (Å²) >= 11 is 5.88. The predicted octanol–water partition coefficient (Wildman–Crippen LogP) is 5.26. The molecule has 2 aromatic rings. The van der Waals surface area contributed by atoms with E-state index in [1.807, 2.05) is 20.8 Å². The molecule has 3 aliphatic carbocycles. The van der Waals surface area contributed by atoms with Gasteiger partial charge in [0.1, 0.15) is 28.3 Å². The number of rotatable bonds is 3.